The van der Waals surface area contributed by atoms with Gasteiger partial charge in [0.05, 0.1) is 12.0 Å². The Labute approximate surface area is 151 Å². The van der Waals surface area contributed by atoms with E-state index in [0.717, 1.165) is 43.7 Å². The van der Waals surface area contributed by atoms with Gasteiger partial charge in [0.1, 0.15) is 5.82 Å². The summed E-state index contributed by atoms with van der Waals surface area (Å²) in [5.74, 6) is 2.23. The highest BCUT2D eigenvalue weighted by Crippen LogP contribution is 2.26. The van der Waals surface area contributed by atoms with Crippen LogP contribution >= 0.6 is 0 Å². The number of aromatic nitrogens is 4. The van der Waals surface area contributed by atoms with E-state index >= 15 is 0 Å². The summed E-state index contributed by atoms with van der Waals surface area (Å²) in [7, 11) is 0. The van der Waals surface area contributed by atoms with Crippen molar-refractivity contribution in [1.82, 2.24) is 24.8 Å². The lowest BCUT2D eigenvalue weighted by molar-refractivity contribution is 0.198. The fourth-order valence-corrected chi connectivity index (χ4v) is 3.48. The molecular formula is C19H21N5O2. The first-order chi connectivity index (χ1) is 12.7. The van der Waals surface area contributed by atoms with Gasteiger partial charge in [0.25, 0.3) is 5.56 Å². The fourth-order valence-electron chi connectivity index (χ4n) is 3.48. The van der Waals surface area contributed by atoms with Crippen molar-refractivity contribution in [2.75, 3.05) is 13.1 Å². The predicted octanol–water partition coefficient (Wildman–Crippen LogP) is 2.51. The lowest BCUT2D eigenvalue weighted by Crippen LogP contribution is -2.34. The summed E-state index contributed by atoms with van der Waals surface area (Å²) >= 11 is 0. The number of furan rings is 1. The molecule has 0 aromatic carbocycles. The fraction of sp³-hybridized carbons (Fsp3) is 0.368. The smallest absolute Gasteiger partial charge is 0.251 e. The molecule has 3 aromatic heterocycles. The zero-order valence-electron chi connectivity index (χ0n) is 14.7. The highest BCUT2D eigenvalue weighted by atomic mass is 16.3. The Morgan fingerprint density at radius 1 is 1.35 bits per heavy atom. The molecule has 1 unspecified atom stereocenters. The maximum absolute atomic E-state index is 11.7. The van der Waals surface area contributed by atoms with Crippen molar-refractivity contribution >= 4 is 0 Å². The van der Waals surface area contributed by atoms with Crippen LogP contribution < -0.4 is 5.56 Å². The van der Waals surface area contributed by atoms with Gasteiger partial charge in [-0.25, -0.2) is 15.0 Å². The Morgan fingerprint density at radius 2 is 2.19 bits per heavy atom. The van der Waals surface area contributed by atoms with Gasteiger partial charge in [-0.05, 0) is 38.4 Å². The van der Waals surface area contributed by atoms with E-state index in [4.69, 9.17) is 4.42 Å². The van der Waals surface area contributed by atoms with Crippen LogP contribution in [0.5, 0.6) is 0 Å². The Morgan fingerprint density at radius 3 is 2.92 bits per heavy atom. The van der Waals surface area contributed by atoms with Crippen molar-refractivity contribution in [3.8, 4) is 11.6 Å². The van der Waals surface area contributed by atoms with Crippen molar-refractivity contribution in [3.05, 3.63) is 64.3 Å². The SMILES string of the molecule is Cc1nc(C2CCCN(Cc3cnc(-c4ccco4)nc3)C2)cc(=O)[nH]1. The van der Waals surface area contributed by atoms with E-state index in [1.165, 1.54) is 0 Å². The summed E-state index contributed by atoms with van der Waals surface area (Å²) in [6.45, 7) is 4.52. The number of aryl methyl sites for hydroxylation is 1. The van der Waals surface area contributed by atoms with Crippen LogP contribution in [-0.2, 0) is 6.54 Å². The van der Waals surface area contributed by atoms with Gasteiger partial charge >= 0.3 is 0 Å². The van der Waals surface area contributed by atoms with Gasteiger partial charge in [-0.3, -0.25) is 9.69 Å². The molecule has 4 rings (SSSR count). The number of nitrogens with zero attached hydrogens (tertiary/aromatic N) is 4. The number of likely N-dealkylation sites (tertiary alicyclic amines) is 1. The van der Waals surface area contributed by atoms with E-state index in [-0.39, 0.29) is 11.5 Å². The molecule has 1 saturated heterocycles. The van der Waals surface area contributed by atoms with Crippen LogP contribution in [0, 0.1) is 6.92 Å². The van der Waals surface area contributed by atoms with Crippen LogP contribution in [0.15, 0.2) is 46.1 Å². The Balaban J connectivity index is 1.44. The predicted molar refractivity (Wildman–Crippen MR) is 96.6 cm³/mol. The first-order valence-corrected chi connectivity index (χ1v) is 8.82. The minimum atomic E-state index is -0.0773. The Hall–Kier alpha value is -2.80. The highest BCUT2D eigenvalue weighted by molar-refractivity contribution is 5.45. The Bertz CT molecular complexity index is 918. The first kappa shape index (κ1) is 16.7. The van der Waals surface area contributed by atoms with Gasteiger partial charge in [0, 0.05) is 43.0 Å². The maximum Gasteiger partial charge on any atom is 0.251 e. The number of aromatic amines is 1. The van der Waals surface area contributed by atoms with E-state index < -0.39 is 0 Å². The summed E-state index contributed by atoms with van der Waals surface area (Å²) in [5, 5.41) is 0. The van der Waals surface area contributed by atoms with E-state index in [9.17, 15) is 4.79 Å². The molecule has 0 spiro atoms. The lowest BCUT2D eigenvalue weighted by atomic mass is 9.94. The van der Waals surface area contributed by atoms with Gasteiger partial charge in [-0.1, -0.05) is 0 Å². The standard InChI is InChI=1S/C19H21N5O2/c1-13-22-16(8-18(25)23-13)15-4-2-6-24(12-15)11-14-9-20-19(21-10-14)17-5-3-7-26-17/h3,5,7-10,15H,2,4,6,11-12H2,1H3,(H,22,23,25). The molecule has 26 heavy (non-hydrogen) atoms. The molecule has 0 saturated carbocycles. The van der Waals surface area contributed by atoms with E-state index in [2.05, 4.69) is 24.8 Å². The third kappa shape index (κ3) is 3.72. The number of H-pyrrole nitrogens is 1. The molecule has 0 radical (unpaired) electrons. The third-order valence-corrected chi connectivity index (χ3v) is 4.66. The molecule has 4 heterocycles. The summed E-state index contributed by atoms with van der Waals surface area (Å²) in [6.07, 6.45) is 7.46. The molecule has 7 heteroatoms. The second-order valence-electron chi connectivity index (χ2n) is 6.72. The average molecular weight is 351 g/mol. The van der Waals surface area contributed by atoms with Crippen LogP contribution in [0.3, 0.4) is 0 Å². The van der Waals surface area contributed by atoms with Crippen LogP contribution in [0.25, 0.3) is 11.6 Å². The average Bonchev–Trinajstić information content (AvgIpc) is 3.16. The topological polar surface area (TPSA) is 87.9 Å². The van der Waals surface area contributed by atoms with E-state index in [1.807, 2.05) is 31.5 Å². The van der Waals surface area contributed by atoms with Crippen LogP contribution in [0.4, 0.5) is 0 Å². The van der Waals surface area contributed by atoms with Gasteiger partial charge in [0.15, 0.2) is 11.6 Å². The molecule has 1 aliphatic rings. The molecule has 1 fully saturated rings. The minimum absolute atomic E-state index is 0.0773. The molecule has 3 aromatic rings. The summed E-state index contributed by atoms with van der Waals surface area (Å²) in [4.78, 5) is 30.1. The third-order valence-electron chi connectivity index (χ3n) is 4.66. The number of nitrogens with one attached hydrogen (secondary N) is 1. The largest absolute Gasteiger partial charge is 0.461 e. The van der Waals surface area contributed by atoms with Crippen LogP contribution in [-0.4, -0.2) is 37.9 Å². The molecule has 0 aliphatic carbocycles. The zero-order chi connectivity index (χ0) is 17.9. The molecule has 0 bridgehead atoms. The monoisotopic (exact) mass is 351 g/mol. The molecular weight excluding hydrogens is 330 g/mol. The molecule has 134 valence electrons. The molecule has 0 amide bonds. The van der Waals surface area contributed by atoms with Crippen molar-refractivity contribution in [2.45, 2.75) is 32.2 Å². The molecule has 1 N–H and O–H groups in total. The maximum atomic E-state index is 11.7. The van der Waals surface area contributed by atoms with Gasteiger partial charge in [-0.15, -0.1) is 0 Å². The first-order valence-electron chi connectivity index (χ1n) is 8.82. The highest BCUT2D eigenvalue weighted by Gasteiger charge is 2.23. The normalized spacial score (nSPS) is 18.1. The molecule has 7 nitrogen and oxygen atoms in total. The quantitative estimate of drug-likeness (QED) is 0.777. The van der Waals surface area contributed by atoms with Crippen molar-refractivity contribution in [2.24, 2.45) is 0 Å². The van der Waals surface area contributed by atoms with Crippen molar-refractivity contribution in [3.63, 3.8) is 0 Å². The summed E-state index contributed by atoms with van der Waals surface area (Å²) in [5.41, 5.74) is 1.88. The van der Waals surface area contributed by atoms with Crippen LogP contribution in [0.2, 0.25) is 0 Å². The van der Waals surface area contributed by atoms with Crippen molar-refractivity contribution < 1.29 is 4.42 Å². The van der Waals surface area contributed by atoms with Crippen LogP contribution in [0.1, 0.15) is 35.8 Å². The molecule has 1 atom stereocenters. The van der Waals surface area contributed by atoms with Gasteiger partial charge in [0.2, 0.25) is 0 Å². The lowest BCUT2D eigenvalue weighted by Gasteiger charge is -2.32. The van der Waals surface area contributed by atoms with E-state index in [1.54, 1.807) is 12.3 Å². The minimum Gasteiger partial charge on any atom is -0.461 e. The Kier molecular flexibility index (Phi) is 4.62. The number of rotatable bonds is 4. The van der Waals surface area contributed by atoms with Gasteiger partial charge < -0.3 is 9.40 Å². The molecule has 1 aliphatic heterocycles. The summed E-state index contributed by atoms with van der Waals surface area (Å²) < 4.78 is 5.32. The number of piperidine rings is 1. The second-order valence-corrected chi connectivity index (χ2v) is 6.72. The number of hydrogen-bond acceptors (Lipinski definition) is 6. The van der Waals surface area contributed by atoms with Gasteiger partial charge in [-0.2, -0.15) is 0 Å². The summed E-state index contributed by atoms with van der Waals surface area (Å²) in [6, 6.07) is 5.30. The van der Waals surface area contributed by atoms with Crippen molar-refractivity contribution in [1.29, 1.82) is 0 Å². The van der Waals surface area contributed by atoms with E-state index in [0.29, 0.717) is 17.4 Å². The zero-order valence-corrected chi connectivity index (χ0v) is 14.7. The second kappa shape index (κ2) is 7.21. The number of hydrogen-bond donors (Lipinski definition) is 1.